The Morgan fingerprint density at radius 1 is 0.712 bits per heavy atom. The van der Waals surface area contributed by atoms with E-state index in [4.69, 9.17) is 19.4 Å². The molecule has 4 aliphatic rings. The number of hydrogen-bond donors (Lipinski definition) is 4. The van der Waals surface area contributed by atoms with Gasteiger partial charge in [-0.15, -0.1) is 0 Å². The molecular weight excluding hydrogens is 749 g/mol. The lowest BCUT2D eigenvalue weighted by atomic mass is 9.83. The number of alkyl carbamates (subject to hydrolysis) is 2. The van der Waals surface area contributed by atoms with Crippen LogP contribution in [0.4, 0.5) is 9.59 Å². The molecule has 14 nitrogen and oxygen atoms in total. The van der Waals surface area contributed by atoms with Gasteiger partial charge in [0.1, 0.15) is 23.7 Å². The molecule has 6 unspecified atom stereocenters. The topological polar surface area (TPSA) is 175 Å². The first-order valence-corrected chi connectivity index (χ1v) is 21.1. The van der Waals surface area contributed by atoms with Crippen LogP contribution in [0.2, 0.25) is 0 Å². The molecule has 2 aromatic carbocycles. The SMILES string of the molecule is COC(=O)NC(C(=O)N1CCCC1c1ncc(-c2ccc3c(c2)CCc2cc(-c4cnc(C5CC6CCC(C6)N5C(=O)C(NC(=O)OC)C(C)C)[nH]4)ccc2-3)[nH]1)C(C)C. The summed E-state index contributed by atoms with van der Waals surface area (Å²) in [7, 11) is 2.61. The Hall–Kier alpha value is -5.66. The number of carbonyl (C=O) groups is 4. The molecular formula is C45H56N8O6. The molecule has 0 radical (unpaired) electrons. The van der Waals surface area contributed by atoms with Crippen molar-refractivity contribution in [2.45, 2.75) is 109 Å². The van der Waals surface area contributed by atoms with E-state index in [0.717, 1.165) is 85.5 Å². The lowest BCUT2D eigenvalue weighted by Gasteiger charge is -2.42. The largest absolute Gasteiger partial charge is 0.453 e. The van der Waals surface area contributed by atoms with Crippen LogP contribution in [0.5, 0.6) is 0 Å². The number of ether oxygens (including phenoxy) is 2. The van der Waals surface area contributed by atoms with Crippen LogP contribution in [0.1, 0.15) is 101 Å². The van der Waals surface area contributed by atoms with Crippen LogP contribution in [0.15, 0.2) is 48.8 Å². The Morgan fingerprint density at radius 3 is 1.80 bits per heavy atom. The summed E-state index contributed by atoms with van der Waals surface area (Å²) in [6.07, 6.45) is 9.81. The van der Waals surface area contributed by atoms with Crippen LogP contribution in [0.3, 0.4) is 0 Å². The standard InChI is InChI=1S/C45H56N8O6/c1-24(2)38(50-44(56)58-5)42(54)52-17-7-8-36(52)40-46-22-34(48-40)29-12-15-32-27(20-29)10-11-28-21-30(13-16-33(28)32)35-23-47-41(49-35)37-19-26-9-14-31(18-26)53(37)43(55)39(25(3)4)51-45(57)59-6/h12-13,15-16,20-26,31,36-39H,7-11,14,17-19H2,1-6H3,(H,46,48)(H,47,49)(H,50,56)(H,51,57). The van der Waals surface area contributed by atoms with Gasteiger partial charge in [0, 0.05) is 12.6 Å². The monoisotopic (exact) mass is 804 g/mol. The van der Waals surface area contributed by atoms with E-state index >= 15 is 0 Å². The maximum absolute atomic E-state index is 14.1. The Labute approximate surface area is 345 Å². The molecule has 3 fully saturated rings. The molecule has 2 aromatic heterocycles. The molecule has 4 heterocycles. The summed E-state index contributed by atoms with van der Waals surface area (Å²) in [5.41, 5.74) is 8.88. The molecule has 14 heteroatoms. The number of aryl methyl sites for hydroxylation is 2. The summed E-state index contributed by atoms with van der Waals surface area (Å²) in [5.74, 6) is 1.65. The maximum atomic E-state index is 14.1. The minimum atomic E-state index is -0.685. The summed E-state index contributed by atoms with van der Waals surface area (Å²) in [6, 6.07) is 11.5. The Bertz CT molecular complexity index is 2230. The number of hydrogen-bond acceptors (Lipinski definition) is 8. The Morgan fingerprint density at radius 2 is 1.25 bits per heavy atom. The van der Waals surface area contributed by atoms with Crippen LogP contribution < -0.4 is 10.6 Å². The summed E-state index contributed by atoms with van der Waals surface area (Å²) in [4.78, 5) is 72.6. The molecule has 4 N–H and O–H groups in total. The number of methoxy groups -OCH3 is 2. The lowest BCUT2D eigenvalue weighted by molar-refractivity contribution is -0.141. The predicted molar refractivity (Wildman–Crippen MR) is 222 cm³/mol. The van der Waals surface area contributed by atoms with E-state index in [1.807, 2.05) is 49.9 Å². The first kappa shape index (κ1) is 40.1. The third-order valence-electron chi connectivity index (χ3n) is 13.0. The van der Waals surface area contributed by atoms with Crippen molar-refractivity contribution in [3.05, 3.63) is 71.6 Å². The van der Waals surface area contributed by atoms with Crippen LogP contribution >= 0.6 is 0 Å². The van der Waals surface area contributed by atoms with E-state index in [-0.39, 0.29) is 41.8 Å². The normalized spacial score (nSPS) is 21.8. The van der Waals surface area contributed by atoms with Crippen LogP contribution in [0.25, 0.3) is 33.6 Å². The van der Waals surface area contributed by atoms with Crippen molar-refractivity contribution in [3.63, 3.8) is 0 Å². The van der Waals surface area contributed by atoms with Gasteiger partial charge in [-0.1, -0.05) is 52.0 Å². The molecule has 2 bridgehead atoms. The molecule has 59 heavy (non-hydrogen) atoms. The van der Waals surface area contributed by atoms with Crippen molar-refractivity contribution in [1.29, 1.82) is 0 Å². The van der Waals surface area contributed by atoms with Crippen molar-refractivity contribution in [1.82, 2.24) is 40.4 Å². The zero-order valence-electron chi connectivity index (χ0n) is 34.8. The number of carbonyl (C=O) groups excluding carboxylic acids is 4. The van der Waals surface area contributed by atoms with Gasteiger partial charge in [0.05, 0.1) is 50.1 Å². The van der Waals surface area contributed by atoms with E-state index in [1.54, 1.807) is 0 Å². The minimum absolute atomic E-state index is 0.0825. The Balaban J connectivity index is 0.987. The van der Waals surface area contributed by atoms with E-state index in [1.165, 1.54) is 36.5 Å². The third kappa shape index (κ3) is 7.81. The second kappa shape index (κ2) is 16.5. The van der Waals surface area contributed by atoms with E-state index in [2.05, 4.69) is 57.0 Å². The van der Waals surface area contributed by atoms with Gasteiger partial charge in [-0.05, 0) is 115 Å². The predicted octanol–water partition coefficient (Wildman–Crippen LogP) is 7.10. The summed E-state index contributed by atoms with van der Waals surface area (Å²) < 4.78 is 9.64. The molecule has 6 atom stereocenters. The van der Waals surface area contributed by atoms with E-state index in [0.29, 0.717) is 12.5 Å². The molecule has 0 spiro atoms. The third-order valence-corrected chi connectivity index (χ3v) is 13.0. The fourth-order valence-corrected chi connectivity index (χ4v) is 9.87. The van der Waals surface area contributed by atoms with Gasteiger partial charge in [-0.3, -0.25) is 9.59 Å². The molecule has 2 saturated heterocycles. The number of rotatable bonds is 10. The number of aromatic nitrogens is 4. The molecule has 8 rings (SSSR count). The summed E-state index contributed by atoms with van der Waals surface area (Å²) in [5, 5.41) is 5.50. The number of nitrogens with one attached hydrogen (secondary N) is 4. The second-order valence-electron chi connectivity index (χ2n) is 17.3. The number of imidazole rings is 2. The number of H-pyrrole nitrogens is 2. The van der Waals surface area contributed by atoms with Crippen molar-refractivity contribution < 1.29 is 28.7 Å². The highest BCUT2D eigenvalue weighted by atomic mass is 16.5. The van der Waals surface area contributed by atoms with Crippen molar-refractivity contribution in [2.75, 3.05) is 20.8 Å². The quantitative estimate of drug-likeness (QED) is 0.131. The van der Waals surface area contributed by atoms with Crippen LogP contribution in [-0.4, -0.2) is 92.6 Å². The first-order valence-electron chi connectivity index (χ1n) is 21.1. The fourth-order valence-electron chi connectivity index (χ4n) is 9.87. The molecule has 4 amide bonds. The highest BCUT2D eigenvalue weighted by Crippen LogP contribution is 2.46. The van der Waals surface area contributed by atoms with Crippen LogP contribution in [-0.2, 0) is 31.9 Å². The number of likely N-dealkylation sites (tertiary alicyclic amines) is 2. The molecule has 2 aliphatic carbocycles. The number of aromatic amines is 2. The lowest BCUT2D eigenvalue weighted by Crippen LogP contribution is -2.55. The minimum Gasteiger partial charge on any atom is -0.453 e. The van der Waals surface area contributed by atoms with Crippen LogP contribution in [0, 0.1) is 17.8 Å². The summed E-state index contributed by atoms with van der Waals surface area (Å²) in [6.45, 7) is 8.31. The number of nitrogens with zero attached hydrogens (tertiary/aromatic N) is 4. The average Bonchev–Trinajstić information content (AvgIpc) is 4.08. The Kier molecular flexibility index (Phi) is 11.2. The zero-order chi connectivity index (χ0) is 41.5. The highest BCUT2D eigenvalue weighted by molar-refractivity contribution is 5.87. The van der Waals surface area contributed by atoms with Gasteiger partial charge < -0.3 is 39.9 Å². The molecule has 312 valence electrons. The van der Waals surface area contributed by atoms with Gasteiger partial charge in [0.25, 0.3) is 0 Å². The zero-order valence-corrected chi connectivity index (χ0v) is 34.8. The second-order valence-corrected chi connectivity index (χ2v) is 17.3. The van der Waals surface area contributed by atoms with Gasteiger partial charge in [-0.25, -0.2) is 19.6 Å². The number of piperidine rings is 1. The first-order chi connectivity index (χ1) is 28.4. The van der Waals surface area contributed by atoms with Gasteiger partial charge in [0.15, 0.2) is 0 Å². The fraction of sp³-hybridized carbons (Fsp3) is 0.511. The molecule has 1 saturated carbocycles. The van der Waals surface area contributed by atoms with Gasteiger partial charge >= 0.3 is 12.2 Å². The molecule has 4 aromatic rings. The average molecular weight is 805 g/mol. The van der Waals surface area contributed by atoms with E-state index in [9.17, 15) is 19.2 Å². The summed E-state index contributed by atoms with van der Waals surface area (Å²) >= 11 is 0. The maximum Gasteiger partial charge on any atom is 0.407 e. The van der Waals surface area contributed by atoms with Crippen molar-refractivity contribution in [2.24, 2.45) is 17.8 Å². The van der Waals surface area contributed by atoms with Gasteiger partial charge in [-0.2, -0.15) is 0 Å². The number of fused-ring (bicyclic) bond motifs is 5. The van der Waals surface area contributed by atoms with Gasteiger partial charge in [0.2, 0.25) is 11.8 Å². The highest BCUT2D eigenvalue weighted by Gasteiger charge is 2.46. The van der Waals surface area contributed by atoms with Crippen molar-refractivity contribution in [3.8, 4) is 33.6 Å². The number of benzene rings is 2. The number of amides is 4. The smallest absolute Gasteiger partial charge is 0.407 e. The van der Waals surface area contributed by atoms with Crippen molar-refractivity contribution >= 4 is 24.0 Å². The molecule has 2 aliphatic heterocycles. The van der Waals surface area contributed by atoms with E-state index < -0.39 is 24.3 Å².